The third-order valence-corrected chi connectivity index (χ3v) is 2.63. The van der Waals surface area contributed by atoms with Crippen molar-refractivity contribution in [3.63, 3.8) is 0 Å². The van der Waals surface area contributed by atoms with Crippen LogP contribution in [0.4, 0.5) is 0 Å². The molecule has 7 heteroatoms. The second kappa shape index (κ2) is 6.55. The SMILES string of the molecule is Cc1cccc(C)c1OCC(=O)NC(C(N)=O)C(N)=O. The summed E-state index contributed by atoms with van der Waals surface area (Å²) in [6, 6.07) is 4.02. The summed E-state index contributed by atoms with van der Waals surface area (Å²) in [5, 5.41) is 2.11. The Kier molecular flexibility index (Phi) is 5.08. The maximum absolute atomic E-state index is 11.6. The van der Waals surface area contributed by atoms with E-state index < -0.39 is 23.8 Å². The third-order valence-electron chi connectivity index (χ3n) is 2.63. The Labute approximate surface area is 116 Å². The summed E-state index contributed by atoms with van der Waals surface area (Å²) in [4.78, 5) is 33.5. The Morgan fingerprint density at radius 3 is 2.10 bits per heavy atom. The van der Waals surface area contributed by atoms with Gasteiger partial charge in [-0.05, 0) is 25.0 Å². The molecule has 1 aromatic carbocycles. The quantitative estimate of drug-likeness (QED) is 0.586. The molecule has 7 nitrogen and oxygen atoms in total. The second-order valence-corrected chi connectivity index (χ2v) is 4.31. The number of amides is 3. The number of hydrogen-bond acceptors (Lipinski definition) is 4. The van der Waals surface area contributed by atoms with E-state index in [1.807, 2.05) is 32.0 Å². The molecule has 1 rings (SSSR count). The number of para-hydroxylation sites is 1. The highest BCUT2D eigenvalue weighted by Crippen LogP contribution is 2.21. The molecule has 0 spiro atoms. The highest BCUT2D eigenvalue weighted by atomic mass is 16.5. The lowest BCUT2D eigenvalue weighted by atomic mass is 10.1. The van der Waals surface area contributed by atoms with Crippen molar-refractivity contribution in [3.05, 3.63) is 29.3 Å². The average Bonchev–Trinajstić information content (AvgIpc) is 2.34. The minimum Gasteiger partial charge on any atom is -0.483 e. The van der Waals surface area contributed by atoms with E-state index in [4.69, 9.17) is 16.2 Å². The van der Waals surface area contributed by atoms with Gasteiger partial charge in [0.15, 0.2) is 12.6 Å². The summed E-state index contributed by atoms with van der Waals surface area (Å²) in [6.07, 6.45) is 0. The molecule has 0 unspecified atom stereocenters. The number of benzene rings is 1. The predicted molar refractivity (Wildman–Crippen MR) is 71.7 cm³/mol. The highest BCUT2D eigenvalue weighted by molar-refractivity contribution is 6.05. The van der Waals surface area contributed by atoms with E-state index in [9.17, 15) is 14.4 Å². The molecule has 0 atom stereocenters. The second-order valence-electron chi connectivity index (χ2n) is 4.31. The van der Waals surface area contributed by atoms with E-state index in [1.54, 1.807) is 0 Å². The van der Waals surface area contributed by atoms with E-state index in [0.717, 1.165) is 11.1 Å². The first kappa shape index (κ1) is 15.5. The zero-order valence-electron chi connectivity index (χ0n) is 11.3. The number of carbonyl (C=O) groups is 3. The van der Waals surface area contributed by atoms with Crippen LogP contribution in [0.5, 0.6) is 5.75 Å². The van der Waals surface area contributed by atoms with E-state index in [1.165, 1.54) is 0 Å². The number of rotatable bonds is 6. The number of nitrogens with one attached hydrogen (secondary N) is 1. The largest absolute Gasteiger partial charge is 0.483 e. The van der Waals surface area contributed by atoms with Gasteiger partial charge in [0.2, 0.25) is 11.8 Å². The molecule has 0 heterocycles. The van der Waals surface area contributed by atoms with E-state index in [2.05, 4.69) is 5.32 Å². The lowest BCUT2D eigenvalue weighted by molar-refractivity contribution is -0.134. The molecule has 0 saturated carbocycles. The van der Waals surface area contributed by atoms with Crippen LogP contribution in [0.15, 0.2) is 18.2 Å². The van der Waals surface area contributed by atoms with Crippen LogP contribution in [0.1, 0.15) is 11.1 Å². The Morgan fingerprint density at radius 1 is 1.15 bits per heavy atom. The van der Waals surface area contributed by atoms with E-state index >= 15 is 0 Å². The number of carbonyl (C=O) groups excluding carboxylic acids is 3. The van der Waals surface area contributed by atoms with Gasteiger partial charge in [-0.3, -0.25) is 14.4 Å². The van der Waals surface area contributed by atoms with Gasteiger partial charge in [0.25, 0.3) is 5.91 Å². The smallest absolute Gasteiger partial charge is 0.258 e. The molecular formula is C13H17N3O4. The van der Waals surface area contributed by atoms with Crippen LogP contribution in [0, 0.1) is 13.8 Å². The van der Waals surface area contributed by atoms with Crippen molar-refractivity contribution in [2.45, 2.75) is 19.9 Å². The highest BCUT2D eigenvalue weighted by Gasteiger charge is 2.23. The molecule has 1 aromatic rings. The molecule has 3 amide bonds. The number of nitrogens with two attached hydrogens (primary N) is 2. The van der Waals surface area contributed by atoms with Crippen LogP contribution in [0.25, 0.3) is 0 Å². The molecular weight excluding hydrogens is 262 g/mol. The Bertz CT molecular complexity index is 508. The van der Waals surface area contributed by atoms with Crippen molar-refractivity contribution < 1.29 is 19.1 Å². The van der Waals surface area contributed by atoms with Crippen molar-refractivity contribution >= 4 is 17.7 Å². The van der Waals surface area contributed by atoms with E-state index in [0.29, 0.717) is 5.75 Å². The van der Waals surface area contributed by atoms with E-state index in [-0.39, 0.29) is 6.61 Å². The minimum atomic E-state index is -1.54. The molecule has 0 aliphatic heterocycles. The molecule has 0 aliphatic carbocycles. The van der Waals surface area contributed by atoms with Crippen LogP contribution >= 0.6 is 0 Å². The van der Waals surface area contributed by atoms with Gasteiger partial charge in [-0.1, -0.05) is 18.2 Å². The van der Waals surface area contributed by atoms with Gasteiger partial charge in [0, 0.05) is 0 Å². The summed E-state index contributed by atoms with van der Waals surface area (Å²) in [5.74, 6) is -2.11. The van der Waals surface area contributed by atoms with Gasteiger partial charge in [0.1, 0.15) is 5.75 Å². The van der Waals surface area contributed by atoms with Crippen LogP contribution < -0.4 is 21.5 Å². The first-order valence-electron chi connectivity index (χ1n) is 5.90. The summed E-state index contributed by atoms with van der Waals surface area (Å²) < 4.78 is 5.37. The Hall–Kier alpha value is -2.57. The fourth-order valence-electron chi connectivity index (χ4n) is 1.65. The third kappa shape index (κ3) is 3.98. The summed E-state index contributed by atoms with van der Waals surface area (Å²) >= 11 is 0. The molecule has 0 fully saturated rings. The topological polar surface area (TPSA) is 125 Å². The molecule has 0 saturated heterocycles. The molecule has 0 aliphatic rings. The molecule has 5 N–H and O–H groups in total. The molecule has 0 radical (unpaired) electrons. The van der Waals surface area contributed by atoms with Crippen molar-refractivity contribution in [2.24, 2.45) is 11.5 Å². The first-order chi connectivity index (χ1) is 9.32. The normalized spacial score (nSPS) is 10.2. The monoisotopic (exact) mass is 279 g/mol. The number of primary amides is 2. The summed E-state index contributed by atoms with van der Waals surface area (Å²) in [5.41, 5.74) is 11.6. The van der Waals surface area contributed by atoms with Crippen molar-refractivity contribution in [1.29, 1.82) is 0 Å². The number of ether oxygens (including phenoxy) is 1. The standard InChI is InChI=1S/C13H17N3O4/c1-7-4-3-5-8(2)11(7)20-6-9(17)16-10(12(14)18)13(15)19/h3-5,10H,6H2,1-2H3,(H2,14,18)(H2,15,19)(H,16,17). The summed E-state index contributed by atoms with van der Waals surface area (Å²) in [7, 11) is 0. The molecule has 20 heavy (non-hydrogen) atoms. The zero-order chi connectivity index (χ0) is 15.3. The molecule has 0 aromatic heterocycles. The van der Waals surface area contributed by atoms with Crippen LogP contribution in [-0.4, -0.2) is 30.4 Å². The van der Waals surface area contributed by atoms with Gasteiger partial charge >= 0.3 is 0 Å². The number of aryl methyl sites for hydroxylation is 2. The zero-order valence-corrected chi connectivity index (χ0v) is 11.3. The van der Waals surface area contributed by atoms with Gasteiger partial charge in [-0.2, -0.15) is 0 Å². The first-order valence-corrected chi connectivity index (χ1v) is 5.90. The van der Waals surface area contributed by atoms with Crippen LogP contribution in [0.2, 0.25) is 0 Å². The van der Waals surface area contributed by atoms with Crippen LogP contribution in [-0.2, 0) is 14.4 Å². The number of hydrogen-bond donors (Lipinski definition) is 3. The van der Waals surface area contributed by atoms with Crippen molar-refractivity contribution in [1.82, 2.24) is 5.32 Å². The fourth-order valence-corrected chi connectivity index (χ4v) is 1.65. The van der Waals surface area contributed by atoms with Gasteiger partial charge < -0.3 is 21.5 Å². The maximum Gasteiger partial charge on any atom is 0.258 e. The van der Waals surface area contributed by atoms with Gasteiger partial charge in [-0.15, -0.1) is 0 Å². The fraction of sp³-hybridized carbons (Fsp3) is 0.308. The van der Waals surface area contributed by atoms with Crippen molar-refractivity contribution in [2.75, 3.05) is 6.61 Å². The Morgan fingerprint density at radius 2 is 1.65 bits per heavy atom. The van der Waals surface area contributed by atoms with Crippen molar-refractivity contribution in [3.8, 4) is 5.75 Å². The Balaban J connectivity index is 2.64. The van der Waals surface area contributed by atoms with Gasteiger partial charge in [-0.25, -0.2) is 0 Å². The van der Waals surface area contributed by atoms with Gasteiger partial charge in [0.05, 0.1) is 0 Å². The summed E-state index contributed by atoms with van der Waals surface area (Å²) in [6.45, 7) is 3.34. The average molecular weight is 279 g/mol. The molecule has 0 bridgehead atoms. The minimum absolute atomic E-state index is 0.344. The lowest BCUT2D eigenvalue weighted by Gasteiger charge is -2.14. The van der Waals surface area contributed by atoms with Crippen LogP contribution in [0.3, 0.4) is 0 Å². The lowest BCUT2D eigenvalue weighted by Crippen LogP contribution is -2.53. The molecule has 108 valence electrons. The predicted octanol–water partition coefficient (Wildman–Crippen LogP) is -0.862. The maximum atomic E-state index is 11.6.